The van der Waals surface area contributed by atoms with E-state index in [0.717, 1.165) is 12.8 Å². The Kier molecular flexibility index (Phi) is 3.70. The van der Waals surface area contributed by atoms with Crippen LogP contribution in [0.4, 0.5) is 4.39 Å². The van der Waals surface area contributed by atoms with Crippen LogP contribution in [0.1, 0.15) is 23.2 Å². The molecule has 3 rings (SSSR count). The van der Waals surface area contributed by atoms with Crippen LogP contribution < -0.4 is 10.9 Å². The van der Waals surface area contributed by atoms with Gasteiger partial charge >= 0.3 is 0 Å². The molecule has 5 nitrogen and oxygen atoms in total. The molecule has 0 radical (unpaired) electrons. The second-order valence-corrected chi connectivity index (χ2v) is 5.10. The van der Waals surface area contributed by atoms with Crippen LogP contribution in [0, 0.1) is 5.82 Å². The number of H-pyrrole nitrogens is 1. The van der Waals surface area contributed by atoms with Crippen molar-refractivity contribution in [2.24, 2.45) is 0 Å². The van der Waals surface area contributed by atoms with Crippen molar-refractivity contribution >= 4 is 16.8 Å². The van der Waals surface area contributed by atoms with E-state index in [1.165, 1.54) is 24.3 Å². The highest BCUT2D eigenvalue weighted by molar-refractivity contribution is 6.06. The van der Waals surface area contributed by atoms with Gasteiger partial charge in [-0.25, -0.2) is 4.39 Å². The first-order chi connectivity index (χ1) is 10.1. The van der Waals surface area contributed by atoms with E-state index < -0.39 is 5.82 Å². The summed E-state index contributed by atoms with van der Waals surface area (Å²) < 4.78 is 18.6. The Morgan fingerprint density at radius 2 is 2.05 bits per heavy atom. The Labute approximate surface area is 120 Å². The van der Waals surface area contributed by atoms with E-state index >= 15 is 0 Å². The maximum Gasteiger partial charge on any atom is 0.252 e. The monoisotopic (exact) mass is 290 g/mol. The second kappa shape index (κ2) is 5.65. The average molecular weight is 290 g/mol. The molecule has 0 saturated carbocycles. The van der Waals surface area contributed by atoms with E-state index in [1.54, 1.807) is 0 Å². The van der Waals surface area contributed by atoms with Crippen molar-refractivity contribution in [1.82, 2.24) is 10.3 Å². The summed E-state index contributed by atoms with van der Waals surface area (Å²) in [5.41, 5.74) is 0.256. The number of amides is 1. The number of aromatic amines is 1. The molecule has 21 heavy (non-hydrogen) atoms. The minimum Gasteiger partial charge on any atom is -0.381 e. The van der Waals surface area contributed by atoms with Crippen molar-refractivity contribution < 1.29 is 13.9 Å². The molecule has 1 fully saturated rings. The largest absolute Gasteiger partial charge is 0.381 e. The molecule has 0 unspecified atom stereocenters. The van der Waals surface area contributed by atoms with Crippen LogP contribution in [0.5, 0.6) is 0 Å². The zero-order chi connectivity index (χ0) is 14.8. The summed E-state index contributed by atoms with van der Waals surface area (Å²) in [4.78, 5) is 26.6. The van der Waals surface area contributed by atoms with Gasteiger partial charge in [-0.3, -0.25) is 9.59 Å². The van der Waals surface area contributed by atoms with Gasteiger partial charge in [0.15, 0.2) is 0 Å². The predicted octanol–water partition coefficient (Wildman–Crippen LogP) is 1.58. The summed E-state index contributed by atoms with van der Waals surface area (Å²) in [6.07, 6.45) is 1.47. The molecule has 2 N–H and O–H groups in total. The van der Waals surface area contributed by atoms with Crippen molar-refractivity contribution in [3.63, 3.8) is 0 Å². The van der Waals surface area contributed by atoms with Crippen LogP contribution >= 0.6 is 0 Å². The molecule has 1 aromatic carbocycles. The summed E-state index contributed by atoms with van der Waals surface area (Å²) in [6.45, 7) is 1.21. The molecule has 1 aliphatic heterocycles. The van der Waals surface area contributed by atoms with E-state index in [0.29, 0.717) is 24.1 Å². The first-order valence-electron chi connectivity index (χ1n) is 6.85. The number of rotatable bonds is 2. The number of nitrogens with one attached hydrogen (secondary N) is 2. The van der Waals surface area contributed by atoms with E-state index in [4.69, 9.17) is 4.74 Å². The first kappa shape index (κ1) is 13.8. The molecule has 1 amide bonds. The van der Waals surface area contributed by atoms with Gasteiger partial charge in [-0.1, -0.05) is 0 Å². The minimum absolute atomic E-state index is 0.0224. The standard InChI is InChI=1S/C15H15FN2O3/c16-9-1-2-13-11(7-9)12(8-14(19)18-13)15(20)17-10-3-5-21-6-4-10/h1-2,7-8,10H,3-6H2,(H,17,20)(H,18,19). The van der Waals surface area contributed by atoms with Crippen LogP contribution in [0.25, 0.3) is 10.9 Å². The normalized spacial score (nSPS) is 16.0. The summed E-state index contributed by atoms with van der Waals surface area (Å²) in [7, 11) is 0. The number of fused-ring (bicyclic) bond motifs is 1. The van der Waals surface area contributed by atoms with Gasteiger partial charge in [0.25, 0.3) is 5.91 Å². The molecular weight excluding hydrogens is 275 g/mol. The third-order valence-corrected chi connectivity index (χ3v) is 3.61. The van der Waals surface area contributed by atoms with Crippen LogP contribution in [0.15, 0.2) is 29.1 Å². The zero-order valence-electron chi connectivity index (χ0n) is 11.3. The molecule has 0 spiro atoms. The minimum atomic E-state index is -0.449. The number of carbonyl (C=O) groups excluding carboxylic acids is 1. The Balaban J connectivity index is 1.96. The number of hydrogen-bond acceptors (Lipinski definition) is 3. The van der Waals surface area contributed by atoms with E-state index in [9.17, 15) is 14.0 Å². The number of aromatic nitrogens is 1. The number of carbonyl (C=O) groups is 1. The van der Waals surface area contributed by atoms with Gasteiger partial charge in [0.2, 0.25) is 5.56 Å². The van der Waals surface area contributed by atoms with Crippen LogP contribution in [-0.4, -0.2) is 30.1 Å². The molecule has 0 bridgehead atoms. The molecule has 1 saturated heterocycles. The van der Waals surface area contributed by atoms with Gasteiger partial charge in [0.05, 0.1) is 5.56 Å². The number of hydrogen-bond donors (Lipinski definition) is 2. The summed E-state index contributed by atoms with van der Waals surface area (Å²) >= 11 is 0. The van der Waals surface area contributed by atoms with Gasteiger partial charge in [-0.05, 0) is 31.0 Å². The highest BCUT2D eigenvalue weighted by Gasteiger charge is 2.19. The van der Waals surface area contributed by atoms with Crippen molar-refractivity contribution in [3.05, 3.63) is 46.0 Å². The van der Waals surface area contributed by atoms with Crippen LogP contribution in [0.2, 0.25) is 0 Å². The number of pyridine rings is 1. The van der Waals surface area contributed by atoms with Gasteiger partial charge < -0.3 is 15.0 Å². The smallest absolute Gasteiger partial charge is 0.252 e. The Morgan fingerprint density at radius 3 is 2.81 bits per heavy atom. The fourth-order valence-electron chi connectivity index (χ4n) is 2.52. The maximum absolute atomic E-state index is 13.4. The third-order valence-electron chi connectivity index (χ3n) is 3.61. The maximum atomic E-state index is 13.4. The van der Waals surface area contributed by atoms with E-state index in [2.05, 4.69) is 10.3 Å². The molecular formula is C15H15FN2O3. The lowest BCUT2D eigenvalue weighted by atomic mass is 10.1. The van der Waals surface area contributed by atoms with Crippen LogP contribution in [-0.2, 0) is 4.74 Å². The molecule has 1 aliphatic rings. The molecule has 2 heterocycles. The quantitative estimate of drug-likeness (QED) is 0.882. The summed E-state index contributed by atoms with van der Waals surface area (Å²) in [5, 5.41) is 3.28. The van der Waals surface area contributed by atoms with Gasteiger partial charge in [0, 0.05) is 36.2 Å². The SMILES string of the molecule is O=C(NC1CCOCC1)c1cc(=O)[nH]c2ccc(F)cc12. The predicted molar refractivity (Wildman–Crippen MR) is 75.8 cm³/mol. The number of halogens is 1. The molecule has 2 aromatic rings. The second-order valence-electron chi connectivity index (χ2n) is 5.10. The average Bonchev–Trinajstić information content (AvgIpc) is 2.48. The van der Waals surface area contributed by atoms with Gasteiger partial charge in [-0.15, -0.1) is 0 Å². The molecule has 6 heteroatoms. The Bertz CT molecular complexity index is 735. The van der Waals surface area contributed by atoms with Crippen molar-refractivity contribution in [1.29, 1.82) is 0 Å². The summed E-state index contributed by atoms with van der Waals surface area (Å²) in [6, 6.07) is 5.19. The van der Waals surface area contributed by atoms with E-state index in [-0.39, 0.29) is 23.1 Å². The fourth-order valence-corrected chi connectivity index (χ4v) is 2.52. The molecule has 0 aliphatic carbocycles. The molecule has 1 aromatic heterocycles. The topological polar surface area (TPSA) is 71.2 Å². The molecule has 110 valence electrons. The highest BCUT2D eigenvalue weighted by Crippen LogP contribution is 2.17. The third kappa shape index (κ3) is 2.95. The first-order valence-corrected chi connectivity index (χ1v) is 6.85. The highest BCUT2D eigenvalue weighted by atomic mass is 19.1. The van der Waals surface area contributed by atoms with Crippen molar-refractivity contribution in [2.75, 3.05) is 13.2 Å². The Morgan fingerprint density at radius 1 is 1.29 bits per heavy atom. The van der Waals surface area contributed by atoms with E-state index in [1.807, 2.05) is 0 Å². The zero-order valence-corrected chi connectivity index (χ0v) is 11.3. The Hall–Kier alpha value is -2.21. The lowest BCUT2D eigenvalue weighted by Gasteiger charge is -2.23. The molecule has 0 atom stereocenters. The number of ether oxygens (including phenoxy) is 1. The van der Waals surface area contributed by atoms with Crippen LogP contribution in [0.3, 0.4) is 0 Å². The van der Waals surface area contributed by atoms with Gasteiger partial charge in [0.1, 0.15) is 5.82 Å². The fraction of sp³-hybridized carbons (Fsp3) is 0.333. The lowest BCUT2D eigenvalue weighted by Crippen LogP contribution is -2.39. The van der Waals surface area contributed by atoms with Crippen molar-refractivity contribution in [3.8, 4) is 0 Å². The van der Waals surface area contributed by atoms with Gasteiger partial charge in [-0.2, -0.15) is 0 Å². The lowest BCUT2D eigenvalue weighted by molar-refractivity contribution is 0.0697. The van der Waals surface area contributed by atoms with Crippen molar-refractivity contribution in [2.45, 2.75) is 18.9 Å². The summed E-state index contributed by atoms with van der Waals surface area (Å²) in [5.74, 6) is -0.807. The number of benzene rings is 1.